The molecule has 2 unspecified atom stereocenters. The first-order chi connectivity index (χ1) is 30.8. The van der Waals surface area contributed by atoms with Crippen molar-refractivity contribution in [2.75, 3.05) is 19.8 Å². The molecule has 0 amide bonds. The summed E-state index contributed by atoms with van der Waals surface area (Å²) in [5.41, 5.74) is 0. The first-order valence-corrected chi connectivity index (χ1v) is 25.7. The van der Waals surface area contributed by atoms with Gasteiger partial charge in [-0.25, -0.2) is 0 Å². The highest BCUT2D eigenvalue weighted by molar-refractivity contribution is 5.70. The maximum absolute atomic E-state index is 12.8. The zero-order valence-corrected chi connectivity index (χ0v) is 40.1. The number of aliphatic hydroxyl groups is 4. The molecule has 1 aliphatic heterocycles. The van der Waals surface area contributed by atoms with Crippen molar-refractivity contribution in [3.05, 3.63) is 48.6 Å². The van der Waals surface area contributed by atoms with Crippen LogP contribution >= 0.6 is 0 Å². The van der Waals surface area contributed by atoms with Crippen molar-refractivity contribution in [3.8, 4) is 0 Å². The SMILES string of the molecule is CCCCCC/C=C/C=C/CCCCCCCC(=O)OC[C@H](CO[C@@H]1O[C@H](CO)[C@H](O)C(O)C1O)OC(=O)CCC/C=C/CC/C=C/CCCCCCCCCCCCCCCC. The van der Waals surface area contributed by atoms with Crippen LogP contribution in [0.3, 0.4) is 0 Å². The van der Waals surface area contributed by atoms with Gasteiger partial charge in [-0.1, -0.05) is 184 Å². The molecule has 1 fully saturated rings. The van der Waals surface area contributed by atoms with E-state index in [-0.39, 0.29) is 26.1 Å². The van der Waals surface area contributed by atoms with E-state index in [0.717, 1.165) is 64.2 Å². The molecule has 0 spiro atoms. The molecule has 0 aromatic carbocycles. The first-order valence-electron chi connectivity index (χ1n) is 25.7. The molecule has 0 saturated carbocycles. The van der Waals surface area contributed by atoms with Crippen LogP contribution in [0.15, 0.2) is 48.6 Å². The summed E-state index contributed by atoms with van der Waals surface area (Å²) >= 11 is 0. The fourth-order valence-electron chi connectivity index (χ4n) is 7.61. The van der Waals surface area contributed by atoms with Gasteiger partial charge in [0.25, 0.3) is 0 Å². The fraction of sp³-hybridized carbons (Fsp3) is 0.811. The maximum Gasteiger partial charge on any atom is 0.306 e. The standard InChI is InChI=1S/C53H94O10/c1-3-5-7-9-11-13-15-17-19-20-21-22-23-24-25-26-28-30-32-34-36-38-40-42-49(56)62-46(45-61-53-52(59)51(58)50(57)47(43-54)63-53)44-60-48(55)41-39-37-35-33-31-29-27-18-16-14-12-10-8-6-4-2/h14,16,18,26-28,34,36,46-47,50-54,57-59H,3-13,15,17,19-25,29-33,35,37-45H2,1-2H3/b16-14+,27-18+,28-26+,36-34+/t46-,47-,50+,51?,52?,53-/m1/s1. The number of allylic oxidation sites excluding steroid dienone is 8. The largest absolute Gasteiger partial charge is 0.462 e. The van der Waals surface area contributed by atoms with E-state index in [4.69, 9.17) is 18.9 Å². The average Bonchev–Trinajstić information content (AvgIpc) is 3.28. The summed E-state index contributed by atoms with van der Waals surface area (Å²) in [6.45, 7) is 3.37. The van der Waals surface area contributed by atoms with Crippen LogP contribution < -0.4 is 0 Å². The van der Waals surface area contributed by atoms with Crippen LogP contribution in [0.1, 0.15) is 219 Å². The number of carbonyl (C=O) groups excluding carboxylic acids is 2. The van der Waals surface area contributed by atoms with Crippen LogP contribution in [0.5, 0.6) is 0 Å². The summed E-state index contributed by atoms with van der Waals surface area (Å²) in [6, 6.07) is 0. The summed E-state index contributed by atoms with van der Waals surface area (Å²) in [7, 11) is 0. The van der Waals surface area contributed by atoms with Crippen LogP contribution in [0.2, 0.25) is 0 Å². The van der Waals surface area contributed by atoms with E-state index >= 15 is 0 Å². The Kier molecular flexibility index (Phi) is 40.6. The molecule has 0 radical (unpaired) electrons. The number of unbranched alkanes of at least 4 members (excludes halogenated alkanes) is 25. The number of ether oxygens (including phenoxy) is 4. The van der Waals surface area contributed by atoms with Gasteiger partial charge in [0, 0.05) is 12.8 Å². The summed E-state index contributed by atoms with van der Waals surface area (Å²) in [4.78, 5) is 25.4. The molecular weight excluding hydrogens is 797 g/mol. The number of carbonyl (C=O) groups is 2. The number of hydrogen-bond donors (Lipinski definition) is 4. The van der Waals surface area contributed by atoms with E-state index in [1.807, 2.05) is 0 Å². The Balaban J connectivity index is 2.29. The smallest absolute Gasteiger partial charge is 0.306 e. The van der Waals surface area contributed by atoms with Gasteiger partial charge < -0.3 is 39.4 Å². The Labute approximate surface area is 384 Å². The molecule has 0 aromatic rings. The maximum atomic E-state index is 12.8. The van der Waals surface area contributed by atoms with E-state index in [1.54, 1.807) is 0 Å². The molecular formula is C53H94O10. The third-order valence-corrected chi connectivity index (χ3v) is 11.7. The van der Waals surface area contributed by atoms with Crippen LogP contribution in [0.25, 0.3) is 0 Å². The van der Waals surface area contributed by atoms with Gasteiger partial charge in [-0.2, -0.15) is 0 Å². The predicted molar refractivity (Wildman–Crippen MR) is 256 cm³/mol. The van der Waals surface area contributed by atoms with Crippen LogP contribution in [-0.2, 0) is 28.5 Å². The first kappa shape index (κ1) is 58.7. The van der Waals surface area contributed by atoms with Crippen LogP contribution in [-0.4, -0.2) is 89.0 Å². The van der Waals surface area contributed by atoms with Crippen molar-refractivity contribution >= 4 is 11.9 Å². The lowest BCUT2D eigenvalue weighted by Crippen LogP contribution is -2.59. The molecule has 366 valence electrons. The van der Waals surface area contributed by atoms with Gasteiger partial charge in [0.15, 0.2) is 12.4 Å². The summed E-state index contributed by atoms with van der Waals surface area (Å²) < 4.78 is 22.2. The third-order valence-electron chi connectivity index (χ3n) is 11.7. The summed E-state index contributed by atoms with van der Waals surface area (Å²) in [5, 5.41) is 40.2. The second-order valence-electron chi connectivity index (χ2n) is 17.6. The van der Waals surface area contributed by atoms with Gasteiger partial charge >= 0.3 is 11.9 Å². The van der Waals surface area contributed by atoms with Gasteiger partial charge in [0.1, 0.15) is 31.0 Å². The molecule has 4 N–H and O–H groups in total. The Bertz CT molecular complexity index is 1170. The monoisotopic (exact) mass is 891 g/mol. The Hall–Kier alpha value is -2.34. The fourth-order valence-corrected chi connectivity index (χ4v) is 7.61. The Morgan fingerprint density at radius 1 is 0.492 bits per heavy atom. The van der Waals surface area contributed by atoms with Crippen LogP contribution in [0.4, 0.5) is 0 Å². The Morgan fingerprint density at radius 2 is 0.921 bits per heavy atom. The van der Waals surface area contributed by atoms with Crippen molar-refractivity contribution in [1.82, 2.24) is 0 Å². The van der Waals surface area contributed by atoms with Crippen molar-refractivity contribution in [2.24, 2.45) is 0 Å². The minimum atomic E-state index is -1.61. The minimum absolute atomic E-state index is 0.166. The molecule has 10 heteroatoms. The molecule has 0 aromatic heterocycles. The minimum Gasteiger partial charge on any atom is -0.462 e. The van der Waals surface area contributed by atoms with Gasteiger partial charge in [0.2, 0.25) is 0 Å². The molecule has 63 heavy (non-hydrogen) atoms. The lowest BCUT2D eigenvalue weighted by molar-refractivity contribution is -0.305. The highest BCUT2D eigenvalue weighted by Crippen LogP contribution is 2.23. The molecule has 10 nitrogen and oxygen atoms in total. The number of esters is 2. The second kappa shape index (κ2) is 43.5. The van der Waals surface area contributed by atoms with E-state index in [2.05, 4.69) is 62.5 Å². The molecule has 0 bridgehead atoms. The number of aliphatic hydroxyl groups excluding tert-OH is 4. The number of rotatable bonds is 43. The average molecular weight is 891 g/mol. The third kappa shape index (κ3) is 34.6. The molecule has 6 atom stereocenters. The van der Waals surface area contributed by atoms with E-state index < -0.39 is 55.4 Å². The molecule has 0 aliphatic carbocycles. The quantitative estimate of drug-likeness (QED) is 0.0201. The van der Waals surface area contributed by atoms with E-state index in [1.165, 1.54) is 116 Å². The lowest BCUT2D eigenvalue weighted by Gasteiger charge is -2.39. The Morgan fingerprint density at radius 3 is 1.44 bits per heavy atom. The summed E-state index contributed by atoms with van der Waals surface area (Å²) in [6.07, 6.45) is 45.6. The molecule has 1 rings (SSSR count). The predicted octanol–water partition coefficient (Wildman–Crippen LogP) is 12.0. The highest BCUT2D eigenvalue weighted by atomic mass is 16.7. The molecule has 1 heterocycles. The van der Waals surface area contributed by atoms with Crippen molar-refractivity contribution in [3.63, 3.8) is 0 Å². The van der Waals surface area contributed by atoms with Gasteiger partial charge in [-0.05, 0) is 70.6 Å². The van der Waals surface area contributed by atoms with E-state index in [0.29, 0.717) is 12.8 Å². The van der Waals surface area contributed by atoms with Crippen molar-refractivity contribution < 1.29 is 49.0 Å². The van der Waals surface area contributed by atoms with Gasteiger partial charge in [-0.3, -0.25) is 9.59 Å². The number of hydrogen-bond acceptors (Lipinski definition) is 10. The van der Waals surface area contributed by atoms with Gasteiger partial charge in [-0.15, -0.1) is 0 Å². The van der Waals surface area contributed by atoms with Crippen molar-refractivity contribution in [2.45, 2.75) is 256 Å². The topological polar surface area (TPSA) is 152 Å². The molecule has 1 aliphatic rings. The van der Waals surface area contributed by atoms with E-state index in [9.17, 15) is 30.0 Å². The van der Waals surface area contributed by atoms with Gasteiger partial charge in [0.05, 0.1) is 13.2 Å². The zero-order chi connectivity index (χ0) is 45.9. The lowest BCUT2D eigenvalue weighted by atomic mass is 9.99. The van der Waals surface area contributed by atoms with Crippen LogP contribution in [0, 0.1) is 0 Å². The highest BCUT2D eigenvalue weighted by Gasteiger charge is 2.44. The normalized spacial score (nSPS) is 19.9. The summed E-state index contributed by atoms with van der Waals surface area (Å²) in [5.74, 6) is -0.871. The van der Waals surface area contributed by atoms with Crippen molar-refractivity contribution in [1.29, 1.82) is 0 Å². The molecule has 1 saturated heterocycles. The second-order valence-corrected chi connectivity index (χ2v) is 17.6. The zero-order valence-electron chi connectivity index (χ0n) is 40.1.